The molecule has 1 aromatic carbocycles. The van der Waals surface area contributed by atoms with Gasteiger partial charge in [-0.3, -0.25) is 4.98 Å². The zero-order chi connectivity index (χ0) is 13.0. The van der Waals surface area contributed by atoms with Crippen molar-refractivity contribution in [1.29, 1.82) is 0 Å². The maximum atomic E-state index is 11.1. The number of primary amides is 1. The molecule has 2 amide bonds. The number of hydrogen-bond acceptors (Lipinski definition) is 2. The first-order chi connectivity index (χ1) is 8.66. The number of hydrogen-bond donors (Lipinski definition) is 2. The van der Waals surface area contributed by atoms with Crippen molar-refractivity contribution in [2.24, 2.45) is 5.73 Å². The summed E-state index contributed by atoms with van der Waals surface area (Å²) in [6.45, 7) is 0. The highest BCUT2D eigenvalue weighted by atomic mass is 35.5. The maximum absolute atomic E-state index is 11.1. The van der Waals surface area contributed by atoms with Gasteiger partial charge in [0, 0.05) is 11.2 Å². The summed E-state index contributed by atoms with van der Waals surface area (Å²) in [5.74, 6) is 0. The number of benzene rings is 1. The molecule has 4 nitrogen and oxygen atoms in total. The quantitative estimate of drug-likeness (QED) is 0.891. The SMILES string of the molecule is NC(=O)NC(c1ccc(Cl)cc1)c1ccccn1. The lowest BCUT2D eigenvalue weighted by molar-refractivity contribution is 0.246. The van der Waals surface area contributed by atoms with E-state index in [1.165, 1.54) is 0 Å². The fourth-order valence-corrected chi connectivity index (χ4v) is 1.80. The van der Waals surface area contributed by atoms with Gasteiger partial charge in [0.25, 0.3) is 0 Å². The number of halogens is 1. The number of pyridine rings is 1. The average Bonchev–Trinajstić information content (AvgIpc) is 2.38. The second-order valence-electron chi connectivity index (χ2n) is 3.75. The van der Waals surface area contributed by atoms with E-state index in [9.17, 15) is 4.79 Å². The summed E-state index contributed by atoms with van der Waals surface area (Å²) < 4.78 is 0. The molecule has 0 aliphatic carbocycles. The Morgan fingerprint density at radius 1 is 1.22 bits per heavy atom. The van der Waals surface area contributed by atoms with Crippen LogP contribution in [0.1, 0.15) is 17.3 Å². The van der Waals surface area contributed by atoms with Crippen LogP contribution in [0.25, 0.3) is 0 Å². The van der Waals surface area contributed by atoms with E-state index in [0.29, 0.717) is 5.02 Å². The van der Waals surface area contributed by atoms with Gasteiger partial charge in [-0.2, -0.15) is 0 Å². The van der Waals surface area contributed by atoms with Crippen LogP contribution in [0.5, 0.6) is 0 Å². The molecule has 0 bridgehead atoms. The number of carbonyl (C=O) groups excluding carboxylic acids is 1. The summed E-state index contributed by atoms with van der Waals surface area (Å²) in [5, 5.41) is 3.30. The molecule has 18 heavy (non-hydrogen) atoms. The summed E-state index contributed by atoms with van der Waals surface area (Å²) >= 11 is 5.84. The van der Waals surface area contributed by atoms with Crippen LogP contribution in [0.4, 0.5) is 4.79 Å². The Morgan fingerprint density at radius 2 is 1.94 bits per heavy atom. The van der Waals surface area contributed by atoms with E-state index in [0.717, 1.165) is 11.3 Å². The summed E-state index contributed by atoms with van der Waals surface area (Å²) in [6, 6.07) is 11.7. The third kappa shape index (κ3) is 2.99. The minimum Gasteiger partial charge on any atom is -0.352 e. The third-order valence-corrected chi connectivity index (χ3v) is 2.73. The number of urea groups is 1. The van der Waals surface area contributed by atoms with Gasteiger partial charge in [0.2, 0.25) is 0 Å². The van der Waals surface area contributed by atoms with Gasteiger partial charge in [-0.1, -0.05) is 29.8 Å². The van der Waals surface area contributed by atoms with E-state index in [-0.39, 0.29) is 6.04 Å². The maximum Gasteiger partial charge on any atom is 0.312 e. The highest BCUT2D eigenvalue weighted by Gasteiger charge is 2.16. The minimum absolute atomic E-state index is 0.374. The van der Waals surface area contributed by atoms with Crippen molar-refractivity contribution in [3.63, 3.8) is 0 Å². The second kappa shape index (κ2) is 5.51. The molecular weight excluding hydrogens is 250 g/mol. The van der Waals surface area contributed by atoms with Gasteiger partial charge in [-0.15, -0.1) is 0 Å². The molecule has 0 aliphatic rings. The summed E-state index contributed by atoms with van der Waals surface area (Å²) in [5.41, 5.74) is 6.79. The highest BCUT2D eigenvalue weighted by molar-refractivity contribution is 6.30. The number of rotatable bonds is 3. The van der Waals surface area contributed by atoms with E-state index < -0.39 is 6.03 Å². The molecule has 1 aromatic heterocycles. The smallest absolute Gasteiger partial charge is 0.312 e. The monoisotopic (exact) mass is 261 g/mol. The summed E-state index contributed by atoms with van der Waals surface area (Å²) in [7, 11) is 0. The van der Waals surface area contributed by atoms with Crippen LogP contribution in [0.15, 0.2) is 48.7 Å². The molecule has 92 valence electrons. The van der Waals surface area contributed by atoms with Gasteiger partial charge in [0.05, 0.1) is 11.7 Å². The fraction of sp³-hybridized carbons (Fsp3) is 0.0769. The van der Waals surface area contributed by atoms with Crippen LogP contribution in [0, 0.1) is 0 Å². The van der Waals surface area contributed by atoms with E-state index in [2.05, 4.69) is 10.3 Å². The molecule has 0 saturated heterocycles. The second-order valence-corrected chi connectivity index (χ2v) is 4.18. The van der Waals surface area contributed by atoms with Gasteiger partial charge in [0.15, 0.2) is 0 Å². The number of aromatic nitrogens is 1. The largest absolute Gasteiger partial charge is 0.352 e. The number of nitrogens with two attached hydrogens (primary N) is 1. The lowest BCUT2D eigenvalue weighted by atomic mass is 10.0. The van der Waals surface area contributed by atoms with Gasteiger partial charge in [-0.25, -0.2) is 4.79 Å². The zero-order valence-corrected chi connectivity index (χ0v) is 10.3. The lowest BCUT2D eigenvalue weighted by Crippen LogP contribution is -2.34. The van der Waals surface area contributed by atoms with Crippen molar-refractivity contribution in [2.75, 3.05) is 0 Å². The number of carbonyl (C=O) groups is 1. The summed E-state index contributed by atoms with van der Waals surface area (Å²) in [6.07, 6.45) is 1.67. The molecule has 1 heterocycles. The predicted octanol–water partition coefficient (Wildman–Crippen LogP) is 2.49. The molecule has 0 saturated carbocycles. The number of nitrogens with zero attached hydrogens (tertiary/aromatic N) is 1. The van der Waals surface area contributed by atoms with Crippen molar-refractivity contribution in [1.82, 2.24) is 10.3 Å². The number of nitrogens with one attached hydrogen (secondary N) is 1. The van der Waals surface area contributed by atoms with Crippen molar-refractivity contribution in [2.45, 2.75) is 6.04 Å². The highest BCUT2D eigenvalue weighted by Crippen LogP contribution is 2.21. The van der Waals surface area contributed by atoms with Gasteiger partial charge >= 0.3 is 6.03 Å². The predicted molar refractivity (Wildman–Crippen MR) is 70.3 cm³/mol. The molecule has 2 aromatic rings. The molecule has 0 spiro atoms. The fourth-order valence-electron chi connectivity index (χ4n) is 1.67. The van der Waals surface area contributed by atoms with Crippen LogP contribution in [-0.4, -0.2) is 11.0 Å². The zero-order valence-electron chi connectivity index (χ0n) is 9.51. The molecule has 1 atom stereocenters. The van der Waals surface area contributed by atoms with Crippen molar-refractivity contribution in [3.05, 3.63) is 64.9 Å². The Morgan fingerprint density at radius 3 is 2.50 bits per heavy atom. The van der Waals surface area contributed by atoms with Crippen LogP contribution >= 0.6 is 11.6 Å². The van der Waals surface area contributed by atoms with Crippen LogP contribution in [-0.2, 0) is 0 Å². The Balaban J connectivity index is 2.36. The Labute approximate surface area is 110 Å². The normalized spacial score (nSPS) is 11.8. The standard InChI is InChI=1S/C13H12ClN3O/c14-10-6-4-9(5-7-10)12(17-13(15)18)11-3-1-2-8-16-11/h1-8,12H,(H3,15,17,18). The summed E-state index contributed by atoms with van der Waals surface area (Å²) in [4.78, 5) is 15.3. The molecule has 0 aliphatic heterocycles. The molecule has 3 N–H and O–H groups in total. The van der Waals surface area contributed by atoms with E-state index in [1.54, 1.807) is 18.3 Å². The van der Waals surface area contributed by atoms with Crippen molar-refractivity contribution >= 4 is 17.6 Å². The minimum atomic E-state index is -0.597. The first-order valence-corrected chi connectivity index (χ1v) is 5.77. The van der Waals surface area contributed by atoms with Crippen LogP contribution in [0.2, 0.25) is 5.02 Å². The Kier molecular flexibility index (Phi) is 3.79. The molecule has 0 radical (unpaired) electrons. The van der Waals surface area contributed by atoms with Gasteiger partial charge in [-0.05, 0) is 29.8 Å². The van der Waals surface area contributed by atoms with Crippen molar-refractivity contribution in [3.8, 4) is 0 Å². The molecular formula is C13H12ClN3O. The van der Waals surface area contributed by atoms with Gasteiger partial charge < -0.3 is 11.1 Å². The molecule has 2 rings (SSSR count). The Hall–Kier alpha value is -2.07. The van der Waals surface area contributed by atoms with E-state index in [1.807, 2.05) is 30.3 Å². The molecule has 0 fully saturated rings. The topological polar surface area (TPSA) is 68.0 Å². The first kappa shape index (κ1) is 12.4. The third-order valence-electron chi connectivity index (χ3n) is 2.47. The van der Waals surface area contributed by atoms with Crippen LogP contribution in [0.3, 0.4) is 0 Å². The first-order valence-electron chi connectivity index (χ1n) is 5.39. The van der Waals surface area contributed by atoms with Gasteiger partial charge in [0.1, 0.15) is 0 Å². The molecule has 5 heteroatoms. The molecule has 1 unspecified atom stereocenters. The van der Waals surface area contributed by atoms with Crippen LogP contribution < -0.4 is 11.1 Å². The van der Waals surface area contributed by atoms with E-state index >= 15 is 0 Å². The lowest BCUT2D eigenvalue weighted by Gasteiger charge is -2.17. The van der Waals surface area contributed by atoms with E-state index in [4.69, 9.17) is 17.3 Å². The average molecular weight is 262 g/mol. The Bertz CT molecular complexity index is 528. The number of amides is 2. The van der Waals surface area contributed by atoms with Crippen molar-refractivity contribution < 1.29 is 4.79 Å².